The predicted molar refractivity (Wildman–Crippen MR) is 202 cm³/mol. The average Bonchev–Trinajstić information content (AvgIpc) is 3.74. The number of hydrogen-bond acceptors (Lipinski definition) is 7. The number of hydrogen-bond donors (Lipinski definition) is 1. The molecule has 3 aliphatic rings. The molecule has 0 aromatic heterocycles. The van der Waals surface area contributed by atoms with Crippen LogP contribution in [0.4, 0.5) is 0 Å². The summed E-state index contributed by atoms with van der Waals surface area (Å²) in [6.45, 7) is 13.6. The average molecular weight is 779 g/mol. The second kappa shape index (κ2) is 16.9. The molecule has 280 valence electrons. The molecule has 3 aliphatic heterocycles. The van der Waals surface area contributed by atoms with Crippen molar-refractivity contribution in [3.63, 3.8) is 0 Å². The Hall–Kier alpha value is -3.80. The lowest BCUT2D eigenvalue weighted by Crippen LogP contribution is -2.59. The summed E-state index contributed by atoms with van der Waals surface area (Å²) in [4.78, 5) is 61.9. The number of halogens is 1. The minimum absolute atomic E-state index is 0.105. The number of alkyl halides is 1. The topological polar surface area (TPSA) is 117 Å². The number of esters is 1. The van der Waals surface area contributed by atoms with E-state index in [0.717, 1.165) is 5.56 Å². The molecule has 10 nitrogen and oxygen atoms in total. The normalized spacial score (nSPS) is 26.4. The third-order valence-corrected chi connectivity index (χ3v) is 11.7. The Balaban J connectivity index is 1.54. The van der Waals surface area contributed by atoms with Gasteiger partial charge >= 0.3 is 5.97 Å². The van der Waals surface area contributed by atoms with E-state index in [1.807, 2.05) is 81.4 Å². The van der Waals surface area contributed by atoms with Gasteiger partial charge in [-0.25, -0.2) is 0 Å². The fraction of sp³-hybridized carbons (Fsp3) is 0.512. The Morgan fingerprint density at radius 3 is 2.33 bits per heavy atom. The number of likely N-dealkylation sites (tertiary alicyclic amines) is 1. The first kappa shape index (κ1) is 39.4. The van der Waals surface area contributed by atoms with Crippen LogP contribution in [-0.2, 0) is 35.2 Å². The molecular weight excluding hydrogens is 726 g/mol. The zero-order valence-electron chi connectivity index (χ0n) is 30.6. The first-order valence-electron chi connectivity index (χ1n) is 18.2. The van der Waals surface area contributed by atoms with Crippen LogP contribution < -0.4 is 0 Å². The van der Waals surface area contributed by atoms with Crippen LogP contribution in [0.3, 0.4) is 0 Å². The quantitative estimate of drug-likeness (QED) is 0.129. The summed E-state index contributed by atoms with van der Waals surface area (Å²) in [5.74, 6) is -3.43. The van der Waals surface area contributed by atoms with Gasteiger partial charge in [0.1, 0.15) is 17.7 Å². The largest absolute Gasteiger partial charge is 0.455 e. The minimum atomic E-state index is -1.34. The van der Waals surface area contributed by atoms with Crippen molar-refractivity contribution in [3.8, 4) is 0 Å². The smallest absolute Gasteiger partial charge is 0.313 e. The molecule has 3 heterocycles. The number of rotatable bonds is 17. The van der Waals surface area contributed by atoms with Crippen molar-refractivity contribution >= 4 is 39.6 Å². The Morgan fingerprint density at radius 1 is 1.08 bits per heavy atom. The van der Waals surface area contributed by atoms with Gasteiger partial charge in [0.25, 0.3) is 0 Å². The van der Waals surface area contributed by atoms with Gasteiger partial charge in [0.05, 0.1) is 36.6 Å². The number of benzene rings is 2. The molecule has 5 rings (SSSR count). The van der Waals surface area contributed by atoms with Crippen molar-refractivity contribution in [1.29, 1.82) is 0 Å². The molecule has 1 unspecified atom stereocenters. The lowest BCUT2D eigenvalue weighted by Gasteiger charge is -2.40. The maximum Gasteiger partial charge on any atom is 0.313 e. The monoisotopic (exact) mass is 777 g/mol. The van der Waals surface area contributed by atoms with Crippen LogP contribution in [0.2, 0.25) is 0 Å². The minimum Gasteiger partial charge on any atom is -0.455 e. The maximum atomic E-state index is 14.9. The lowest BCUT2D eigenvalue weighted by molar-refractivity contribution is -0.165. The molecule has 3 saturated heterocycles. The van der Waals surface area contributed by atoms with Crippen LogP contribution in [0.5, 0.6) is 0 Å². The lowest BCUT2D eigenvalue weighted by atomic mass is 9.70. The number of carbonyl (C=O) groups is 4. The Labute approximate surface area is 315 Å². The highest BCUT2D eigenvalue weighted by molar-refractivity contribution is 9.09. The summed E-state index contributed by atoms with van der Waals surface area (Å²) in [6.07, 6.45) is 3.30. The molecule has 1 N–H and O–H groups in total. The Bertz CT molecular complexity index is 1610. The predicted octanol–water partition coefficient (Wildman–Crippen LogP) is 5.45. The molecule has 2 bridgehead atoms. The molecule has 0 radical (unpaired) electrons. The molecule has 0 saturated carbocycles. The number of aliphatic hydroxyl groups is 1. The number of carbonyl (C=O) groups excluding carboxylic acids is 4. The fourth-order valence-corrected chi connectivity index (χ4v) is 9.26. The van der Waals surface area contributed by atoms with Gasteiger partial charge in [0, 0.05) is 31.4 Å². The number of nitrogens with zero attached hydrogens (tertiary/aromatic N) is 3. The highest BCUT2D eigenvalue weighted by atomic mass is 79.9. The number of allylic oxidation sites excluding steroid dienone is 1. The van der Waals surface area contributed by atoms with Crippen LogP contribution in [0.15, 0.2) is 86.0 Å². The van der Waals surface area contributed by atoms with E-state index in [1.54, 1.807) is 29.0 Å². The van der Waals surface area contributed by atoms with E-state index in [-0.39, 0.29) is 48.7 Å². The molecule has 3 amide bonds. The van der Waals surface area contributed by atoms with Crippen LogP contribution in [0, 0.1) is 17.8 Å². The van der Waals surface area contributed by atoms with Gasteiger partial charge in [-0.2, -0.15) is 0 Å². The van der Waals surface area contributed by atoms with Crippen molar-refractivity contribution in [2.45, 2.75) is 93.8 Å². The number of amides is 3. The van der Waals surface area contributed by atoms with E-state index < -0.39 is 59.6 Å². The molecule has 1 spiro atoms. The van der Waals surface area contributed by atoms with Gasteiger partial charge in [0.2, 0.25) is 17.7 Å². The summed E-state index contributed by atoms with van der Waals surface area (Å²) in [5.41, 5.74) is 0.267. The fourth-order valence-electron chi connectivity index (χ4n) is 8.32. The number of fused-ring (bicyclic) bond motifs is 1. The first-order valence-corrected chi connectivity index (χ1v) is 19.1. The zero-order valence-corrected chi connectivity index (χ0v) is 32.2. The highest BCUT2D eigenvalue weighted by Gasteiger charge is 2.77. The molecule has 2 aromatic carbocycles. The zero-order chi connectivity index (χ0) is 37.7. The van der Waals surface area contributed by atoms with Gasteiger partial charge < -0.3 is 29.3 Å². The third kappa shape index (κ3) is 7.63. The molecule has 9 atom stereocenters. The van der Waals surface area contributed by atoms with Gasteiger partial charge in [-0.3, -0.25) is 19.2 Å². The maximum absolute atomic E-state index is 14.9. The molecule has 3 fully saturated rings. The van der Waals surface area contributed by atoms with Crippen molar-refractivity contribution in [2.75, 3.05) is 20.2 Å². The number of ether oxygens (including phenoxy) is 2. The Morgan fingerprint density at radius 2 is 1.73 bits per heavy atom. The number of likely N-dealkylation sites (N-methyl/N-ethyl adjacent to an activating group) is 1. The van der Waals surface area contributed by atoms with E-state index >= 15 is 0 Å². The molecule has 2 aromatic rings. The summed E-state index contributed by atoms with van der Waals surface area (Å²) in [7, 11) is 1.69. The molecule has 52 heavy (non-hydrogen) atoms. The Kier molecular flexibility index (Phi) is 12.8. The second-order valence-electron chi connectivity index (χ2n) is 14.7. The van der Waals surface area contributed by atoms with Crippen LogP contribution >= 0.6 is 15.9 Å². The summed E-state index contributed by atoms with van der Waals surface area (Å²) in [6, 6.07) is 16.5. The van der Waals surface area contributed by atoms with E-state index in [9.17, 15) is 24.3 Å². The van der Waals surface area contributed by atoms with E-state index in [1.165, 1.54) is 4.90 Å². The second-order valence-corrected chi connectivity index (χ2v) is 15.9. The molecule has 11 heteroatoms. The van der Waals surface area contributed by atoms with Crippen molar-refractivity contribution < 1.29 is 33.8 Å². The summed E-state index contributed by atoms with van der Waals surface area (Å²) in [5, 5.41) is 10.7. The van der Waals surface area contributed by atoms with Crippen molar-refractivity contribution in [1.82, 2.24) is 14.7 Å². The van der Waals surface area contributed by atoms with Gasteiger partial charge in [0.15, 0.2) is 0 Å². The van der Waals surface area contributed by atoms with Gasteiger partial charge in [-0.15, -0.1) is 13.2 Å². The van der Waals surface area contributed by atoms with E-state index in [4.69, 9.17) is 9.47 Å². The summed E-state index contributed by atoms with van der Waals surface area (Å²) >= 11 is 3.76. The van der Waals surface area contributed by atoms with Crippen LogP contribution in [-0.4, -0.2) is 98.4 Å². The molecular formula is C41H52BrN3O7. The summed E-state index contributed by atoms with van der Waals surface area (Å²) < 4.78 is 13.2. The van der Waals surface area contributed by atoms with Gasteiger partial charge in [-0.1, -0.05) is 103 Å². The van der Waals surface area contributed by atoms with Crippen molar-refractivity contribution in [2.24, 2.45) is 17.8 Å². The third-order valence-electron chi connectivity index (χ3n) is 10.8. The molecule has 0 aliphatic carbocycles. The standard InChI is InChI=1S/C41H52BrN3O7/c1-7-9-20-32(47)43(6)27(5)35(29-18-14-11-15-19-29)51-40(50)33-34-38(48)45(30(25-46)22-26(3)4)37(41(34)23-31(42)36(33)52-41)39(49)44(21-8-2)24-28-16-12-10-13-17-28/h7-8,10-19,26-27,30-31,33-37,46H,1-2,9,20-25H2,3-6H3/t27-,30+,31?,33+,34-,35+,36+,37+,41-/m0/s1. The first-order chi connectivity index (χ1) is 24.9. The van der Waals surface area contributed by atoms with Crippen LogP contribution in [0.1, 0.15) is 63.7 Å². The number of aliphatic hydroxyl groups excluding tert-OH is 1. The van der Waals surface area contributed by atoms with Crippen LogP contribution in [0.25, 0.3) is 0 Å². The van der Waals surface area contributed by atoms with E-state index in [0.29, 0.717) is 24.8 Å². The SMILES string of the molecule is C=CCCC(=O)N(C)[C@@H](C)[C@@H](OC(=O)[C@H]1[C@@H]2O[C@@]3(CC2Br)[C@@H]1C(=O)N([C@@H](CO)CC(C)C)[C@@H]3C(=O)N(CC=C)Cc1ccccc1)c1ccccc1. The van der Waals surface area contributed by atoms with Crippen molar-refractivity contribution in [3.05, 3.63) is 97.1 Å². The van der Waals surface area contributed by atoms with Gasteiger partial charge in [-0.05, 0) is 43.2 Å². The highest BCUT2D eigenvalue weighted by Crippen LogP contribution is 2.61. The van der Waals surface area contributed by atoms with E-state index in [2.05, 4.69) is 29.1 Å².